The number of aromatic nitrogens is 3. The highest BCUT2D eigenvalue weighted by atomic mass is 16.4. The molecule has 2 aliphatic rings. The highest BCUT2D eigenvalue weighted by Gasteiger charge is 2.29. The number of fused-ring (bicyclic) bond motifs is 3. The number of hydrogen-bond donors (Lipinski definition) is 2. The molecule has 8 heteroatoms. The summed E-state index contributed by atoms with van der Waals surface area (Å²) in [5.74, 6) is 1.57. The Labute approximate surface area is 203 Å². The fraction of sp³-hybridized carbons (Fsp3) is 0.370. The first-order valence-electron chi connectivity index (χ1n) is 12.3. The number of nitrogens with zero attached hydrogens (tertiary/aromatic N) is 4. The van der Waals surface area contributed by atoms with E-state index in [9.17, 15) is 9.59 Å². The summed E-state index contributed by atoms with van der Waals surface area (Å²) in [7, 11) is 2.05. The quantitative estimate of drug-likeness (QED) is 0.440. The molecular weight excluding hydrogens is 442 g/mol. The van der Waals surface area contributed by atoms with E-state index in [2.05, 4.69) is 50.8 Å². The minimum absolute atomic E-state index is 0.0674. The zero-order valence-corrected chi connectivity index (χ0v) is 20.0. The number of carbonyl (C=O) groups excluding carboxylic acids is 1. The maximum absolute atomic E-state index is 13.3. The predicted molar refractivity (Wildman–Crippen MR) is 135 cm³/mol. The number of para-hydroxylation sites is 1. The predicted octanol–water partition coefficient (Wildman–Crippen LogP) is 4.26. The summed E-state index contributed by atoms with van der Waals surface area (Å²) in [4.78, 5) is 30.9. The lowest BCUT2D eigenvalue weighted by Crippen LogP contribution is -2.46. The van der Waals surface area contributed by atoms with E-state index < -0.39 is 6.09 Å². The summed E-state index contributed by atoms with van der Waals surface area (Å²) in [6, 6.07) is 14.4. The molecule has 6 rings (SSSR count). The summed E-state index contributed by atoms with van der Waals surface area (Å²) in [5.41, 5.74) is 5.84. The summed E-state index contributed by atoms with van der Waals surface area (Å²) in [6.07, 6.45) is 2.21. The van der Waals surface area contributed by atoms with Crippen LogP contribution in [0.5, 0.6) is 0 Å². The van der Waals surface area contributed by atoms with Crippen molar-refractivity contribution in [1.29, 1.82) is 0 Å². The van der Waals surface area contributed by atoms with Gasteiger partial charge in [-0.3, -0.25) is 4.79 Å². The van der Waals surface area contributed by atoms with Gasteiger partial charge in [0.25, 0.3) is 5.91 Å². The molecule has 1 fully saturated rings. The van der Waals surface area contributed by atoms with E-state index in [1.165, 1.54) is 23.7 Å². The molecule has 8 nitrogen and oxygen atoms in total. The van der Waals surface area contributed by atoms with Gasteiger partial charge in [-0.1, -0.05) is 18.2 Å². The van der Waals surface area contributed by atoms with Crippen molar-refractivity contribution in [1.82, 2.24) is 24.3 Å². The lowest BCUT2D eigenvalue weighted by molar-refractivity contribution is 0.0723. The second kappa shape index (κ2) is 8.15. The molecule has 0 radical (unpaired) electrons. The van der Waals surface area contributed by atoms with Gasteiger partial charge in [-0.2, -0.15) is 0 Å². The third-order valence-electron chi connectivity index (χ3n) is 7.32. The van der Waals surface area contributed by atoms with Crippen LogP contribution in [-0.4, -0.2) is 55.3 Å². The Kier molecular flexibility index (Phi) is 5.05. The second-order valence-electron chi connectivity index (χ2n) is 9.99. The van der Waals surface area contributed by atoms with Crippen molar-refractivity contribution in [3.05, 3.63) is 53.6 Å². The first-order chi connectivity index (χ1) is 16.9. The molecule has 2 amide bonds. The number of amides is 2. The van der Waals surface area contributed by atoms with E-state index in [1.807, 2.05) is 13.1 Å². The maximum Gasteiger partial charge on any atom is 0.404 e. The SMILES string of the molecule is CC(CN1CCc2cc3c(cc2C1=O)nc(-c1cc2ccccc2n1CC1CC1)n3C)NC(=O)O. The van der Waals surface area contributed by atoms with E-state index in [1.54, 1.807) is 11.8 Å². The van der Waals surface area contributed by atoms with Gasteiger partial charge < -0.3 is 24.5 Å². The average molecular weight is 472 g/mol. The largest absolute Gasteiger partial charge is 0.465 e. The van der Waals surface area contributed by atoms with Crippen LogP contribution in [0, 0.1) is 5.92 Å². The van der Waals surface area contributed by atoms with Crippen LogP contribution in [0.25, 0.3) is 33.5 Å². The highest BCUT2D eigenvalue weighted by Crippen LogP contribution is 2.37. The first kappa shape index (κ1) is 21.7. The minimum atomic E-state index is -1.08. The monoisotopic (exact) mass is 471 g/mol. The van der Waals surface area contributed by atoms with Crippen LogP contribution in [0.3, 0.4) is 0 Å². The normalized spacial score (nSPS) is 16.6. The topological polar surface area (TPSA) is 92.4 Å². The van der Waals surface area contributed by atoms with Crippen molar-refractivity contribution in [2.45, 2.75) is 38.8 Å². The summed E-state index contributed by atoms with van der Waals surface area (Å²) >= 11 is 0. The second-order valence-corrected chi connectivity index (χ2v) is 9.99. The number of carbonyl (C=O) groups is 2. The Hall–Kier alpha value is -3.81. The van der Waals surface area contributed by atoms with Crippen LogP contribution in [0.4, 0.5) is 4.79 Å². The van der Waals surface area contributed by atoms with Crippen LogP contribution in [0.2, 0.25) is 0 Å². The van der Waals surface area contributed by atoms with Gasteiger partial charge in [-0.05, 0) is 61.9 Å². The molecule has 2 N–H and O–H groups in total. The van der Waals surface area contributed by atoms with Gasteiger partial charge in [0.1, 0.15) is 0 Å². The Morgan fingerprint density at radius 1 is 1.20 bits per heavy atom. The molecule has 1 unspecified atom stereocenters. The maximum atomic E-state index is 13.3. The van der Waals surface area contributed by atoms with E-state index in [-0.39, 0.29) is 11.9 Å². The Balaban J connectivity index is 1.39. The van der Waals surface area contributed by atoms with Gasteiger partial charge in [0, 0.05) is 49.2 Å². The van der Waals surface area contributed by atoms with Crippen LogP contribution < -0.4 is 5.32 Å². The number of benzene rings is 2. The third-order valence-corrected chi connectivity index (χ3v) is 7.32. The van der Waals surface area contributed by atoms with Gasteiger partial charge >= 0.3 is 6.09 Å². The summed E-state index contributed by atoms with van der Waals surface area (Å²) < 4.78 is 4.54. The molecule has 1 aliphatic heterocycles. The van der Waals surface area contributed by atoms with Crippen molar-refractivity contribution >= 4 is 33.9 Å². The molecule has 2 aromatic heterocycles. The Bertz CT molecular complexity index is 1480. The van der Waals surface area contributed by atoms with Gasteiger partial charge in [-0.15, -0.1) is 0 Å². The van der Waals surface area contributed by atoms with E-state index in [4.69, 9.17) is 10.1 Å². The smallest absolute Gasteiger partial charge is 0.404 e. The van der Waals surface area contributed by atoms with Crippen molar-refractivity contribution in [2.75, 3.05) is 13.1 Å². The first-order valence-corrected chi connectivity index (χ1v) is 12.3. The third kappa shape index (κ3) is 3.83. The molecule has 4 aromatic rings. The average Bonchev–Trinajstić information content (AvgIpc) is 3.50. The fourth-order valence-corrected chi connectivity index (χ4v) is 5.36. The van der Waals surface area contributed by atoms with Crippen LogP contribution in [-0.2, 0) is 20.0 Å². The van der Waals surface area contributed by atoms with Gasteiger partial charge in [-0.25, -0.2) is 9.78 Å². The molecule has 35 heavy (non-hydrogen) atoms. The summed E-state index contributed by atoms with van der Waals surface area (Å²) in [6.45, 7) is 3.69. The number of rotatable bonds is 6. The molecule has 1 aliphatic carbocycles. The zero-order chi connectivity index (χ0) is 24.3. The molecule has 1 saturated carbocycles. The molecular formula is C27H29N5O3. The lowest BCUT2D eigenvalue weighted by Gasteiger charge is -2.30. The van der Waals surface area contributed by atoms with E-state index in [0.29, 0.717) is 18.7 Å². The molecule has 180 valence electrons. The zero-order valence-electron chi connectivity index (χ0n) is 20.0. The van der Waals surface area contributed by atoms with Gasteiger partial charge in [0.05, 0.1) is 16.7 Å². The number of nitrogens with one attached hydrogen (secondary N) is 1. The number of aryl methyl sites for hydroxylation is 1. The molecule has 3 heterocycles. The lowest BCUT2D eigenvalue weighted by atomic mass is 9.97. The van der Waals surface area contributed by atoms with Gasteiger partial charge in [0.15, 0.2) is 5.82 Å². The number of hydrogen-bond acceptors (Lipinski definition) is 3. The van der Waals surface area contributed by atoms with Crippen LogP contribution in [0.15, 0.2) is 42.5 Å². The van der Waals surface area contributed by atoms with E-state index in [0.717, 1.165) is 47.0 Å². The molecule has 2 aromatic carbocycles. The minimum Gasteiger partial charge on any atom is -0.465 e. The molecule has 0 spiro atoms. The van der Waals surface area contributed by atoms with E-state index >= 15 is 0 Å². The standard InChI is InChI=1S/C27H29N5O3/c1-16(28-27(34)35)14-31-10-9-18-11-23-21(13-20(18)26(31)33)29-25(30(23)2)24-12-19-5-3-4-6-22(19)32(24)15-17-7-8-17/h3-6,11-13,16-17,28H,7-10,14-15H2,1-2H3,(H,34,35). The van der Waals surface area contributed by atoms with Crippen LogP contribution >= 0.6 is 0 Å². The van der Waals surface area contributed by atoms with Crippen molar-refractivity contribution < 1.29 is 14.7 Å². The van der Waals surface area contributed by atoms with Crippen molar-refractivity contribution in [2.24, 2.45) is 13.0 Å². The molecule has 0 bridgehead atoms. The molecule has 1 atom stereocenters. The summed E-state index contributed by atoms with van der Waals surface area (Å²) in [5, 5.41) is 12.6. The molecule has 0 saturated heterocycles. The highest BCUT2D eigenvalue weighted by molar-refractivity contribution is 6.00. The number of imidazole rings is 1. The fourth-order valence-electron chi connectivity index (χ4n) is 5.36. The van der Waals surface area contributed by atoms with Crippen molar-refractivity contribution in [3.63, 3.8) is 0 Å². The Morgan fingerprint density at radius 2 is 2.00 bits per heavy atom. The Morgan fingerprint density at radius 3 is 2.77 bits per heavy atom. The number of carboxylic acid groups (broad SMARTS) is 1. The van der Waals surface area contributed by atoms with Crippen LogP contribution in [0.1, 0.15) is 35.7 Å². The van der Waals surface area contributed by atoms with Crippen molar-refractivity contribution in [3.8, 4) is 11.5 Å². The van der Waals surface area contributed by atoms with Gasteiger partial charge in [0.2, 0.25) is 0 Å².